The molecule has 0 saturated carbocycles. The van der Waals surface area contributed by atoms with E-state index in [-0.39, 0.29) is 0 Å². The van der Waals surface area contributed by atoms with Gasteiger partial charge in [-0.05, 0) is 33.6 Å². The number of allylic oxidation sites excluding steroid dienone is 1. The monoisotopic (exact) mass is 241 g/mol. The normalized spacial score (nSPS) is 24.2. The van der Waals surface area contributed by atoms with Crippen LogP contribution in [0.15, 0.2) is 12.2 Å². The number of carbonyl (C=O) groups is 2. The minimum Gasteiger partial charge on any atom is -0.481 e. The third kappa shape index (κ3) is 4.46. The zero-order valence-corrected chi connectivity index (χ0v) is 10.4. The number of carboxylic acid groups (broad SMARTS) is 1. The molecule has 0 bridgehead atoms. The second-order valence-electron chi connectivity index (χ2n) is 5.14. The number of aliphatic carboxylic acids is 1. The number of carbonyl (C=O) groups excluding carboxylic acids is 1. The van der Waals surface area contributed by atoms with Gasteiger partial charge in [0.2, 0.25) is 0 Å². The van der Waals surface area contributed by atoms with Crippen LogP contribution in [0.25, 0.3) is 0 Å². The third-order valence-corrected chi connectivity index (χ3v) is 2.45. The highest BCUT2D eigenvalue weighted by Gasteiger charge is 2.31. The van der Waals surface area contributed by atoms with Crippen LogP contribution in [0.2, 0.25) is 0 Å². The van der Waals surface area contributed by atoms with Crippen LogP contribution in [-0.4, -0.2) is 28.8 Å². The lowest BCUT2D eigenvalue weighted by atomic mass is 9.89. The molecule has 0 heterocycles. The van der Waals surface area contributed by atoms with E-state index < -0.39 is 29.6 Å². The average molecular weight is 241 g/mol. The van der Waals surface area contributed by atoms with Gasteiger partial charge in [-0.2, -0.15) is 0 Å². The van der Waals surface area contributed by atoms with Crippen LogP contribution in [-0.2, 0) is 9.53 Å². The largest absolute Gasteiger partial charge is 0.481 e. The SMILES string of the molecule is CC(C)(C)OC(=O)NC1CC=CCC1C(=O)O. The molecule has 2 atom stereocenters. The first kappa shape index (κ1) is 13.5. The number of alkyl carbamates (subject to hydrolysis) is 1. The van der Waals surface area contributed by atoms with E-state index in [1.165, 1.54) is 0 Å². The Balaban J connectivity index is 2.57. The molecule has 1 aliphatic rings. The quantitative estimate of drug-likeness (QED) is 0.724. The van der Waals surface area contributed by atoms with Crippen LogP contribution >= 0.6 is 0 Å². The topological polar surface area (TPSA) is 75.6 Å². The van der Waals surface area contributed by atoms with Crippen molar-refractivity contribution in [1.29, 1.82) is 0 Å². The first-order chi connectivity index (χ1) is 7.79. The van der Waals surface area contributed by atoms with Gasteiger partial charge in [0.25, 0.3) is 0 Å². The average Bonchev–Trinajstić information content (AvgIpc) is 2.14. The maximum Gasteiger partial charge on any atom is 0.407 e. The zero-order chi connectivity index (χ0) is 13.1. The van der Waals surface area contributed by atoms with Gasteiger partial charge >= 0.3 is 12.1 Å². The first-order valence-corrected chi connectivity index (χ1v) is 5.67. The third-order valence-electron chi connectivity index (χ3n) is 2.45. The predicted octanol–water partition coefficient (Wildman–Crippen LogP) is 1.93. The minimum atomic E-state index is -0.893. The Morgan fingerprint density at radius 1 is 1.29 bits per heavy atom. The van der Waals surface area contributed by atoms with Gasteiger partial charge in [-0.25, -0.2) is 4.79 Å². The lowest BCUT2D eigenvalue weighted by Crippen LogP contribution is -2.45. The molecule has 0 saturated heterocycles. The Kier molecular flexibility index (Phi) is 4.15. The van der Waals surface area contributed by atoms with E-state index in [1.807, 2.05) is 12.2 Å². The molecule has 0 aromatic rings. The van der Waals surface area contributed by atoms with E-state index in [0.29, 0.717) is 12.8 Å². The molecule has 1 rings (SSSR count). The van der Waals surface area contributed by atoms with Gasteiger partial charge in [-0.1, -0.05) is 12.2 Å². The maximum atomic E-state index is 11.5. The molecule has 96 valence electrons. The maximum absolute atomic E-state index is 11.5. The van der Waals surface area contributed by atoms with Crippen molar-refractivity contribution in [3.8, 4) is 0 Å². The Morgan fingerprint density at radius 2 is 1.88 bits per heavy atom. The molecule has 0 fully saturated rings. The molecular formula is C12H19NO4. The summed E-state index contributed by atoms with van der Waals surface area (Å²) in [5, 5.41) is 11.6. The van der Waals surface area contributed by atoms with Crippen molar-refractivity contribution >= 4 is 12.1 Å². The van der Waals surface area contributed by atoms with Crippen LogP contribution < -0.4 is 5.32 Å². The van der Waals surface area contributed by atoms with Gasteiger partial charge in [0.15, 0.2) is 0 Å². The minimum absolute atomic E-state index is 0.396. The molecular weight excluding hydrogens is 222 g/mol. The summed E-state index contributed by atoms with van der Waals surface area (Å²) >= 11 is 0. The molecule has 0 aromatic carbocycles. The number of carboxylic acids is 1. The van der Waals surface area contributed by atoms with Gasteiger partial charge in [0.1, 0.15) is 5.60 Å². The van der Waals surface area contributed by atoms with Gasteiger partial charge in [-0.15, -0.1) is 0 Å². The molecule has 17 heavy (non-hydrogen) atoms. The smallest absolute Gasteiger partial charge is 0.407 e. The van der Waals surface area contributed by atoms with E-state index >= 15 is 0 Å². The predicted molar refractivity (Wildman–Crippen MR) is 62.7 cm³/mol. The highest BCUT2D eigenvalue weighted by Crippen LogP contribution is 2.20. The summed E-state index contributed by atoms with van der Waals surface area (Å²) in [5.41, 5.74) is -0.576. The number of hydrogen-bond donors (Lipinski definition) is 2. The lowest BCUT2D eigenvalue weighted by molar-refractivity contribution is -0.142. The van der Waals surface area contributed by atoms with Crippen LogP contribution in [0.5, 0.6) is 0 Å². The van der Waals surface area contributed by atoms with E-state index in [4.69, 9.17) is 9.84 Å². The summed E-state index contributed by atoms with van der Waals surface area (Å²) in [7, 11) is 0. The van der Waals surface area contributed by atoms with E-state index in [2.05, 4.69) is 5.32 Å². The molecule has 0 aromatic heterocycles. The Morgan fingerprint density at radius 3 is 2.41 bits per heavy atom. The van der Waals surface area contributed by atoms with Crippen LogP contribution in [0.4, 0.5) is 4.79 Å². The summed E-state index contributed by atoms with van der Waals surface area (Å²) in [6, 6.07) is -0.396. The fraction of sp³-hybridized carbons (Fsp3) is 0.667. The Bertz CT molecular complexity index is 330. The zero-order valence-electron chi connectivity index (χ0n) is 10.4. The summed E-state index contributed by atoms with van der Waals surface area (Å²) in [6.45, 7) is 5.30. The summed E-state index contributed by atoms with van der Waals surface area (Å²) < 4.78 is 5.10. The molecule has 1 amide bonds. The van der Waals surface area contributed by atoms with Crippen LogP contribution in [0.1, 0.15) is 33.6 Å². The second kappa shape index (κ2) is 5.21. The Hall–Kier alpha value is -1.52. The van der Waals surface area contributed by atoms with Crippen molar-refractivity contribution in [1.82, 2.24) is 5.32 Å². The van der Waals surface area contributed by atoms with Crippen molar-refractivity contribution in [2.24, 2.45) is 5.92 Å². The fourth-order valence-corrected chi connectivity index (χ4v) is 1.71. The van der Waals surface area contributed by atoms with Crippen molar-refractivity contribution in [2.75, 3.05) is 0 Å². The van der Waals surface area contributed by atoms with Gasteiger partial charge in [0, 0.05) is 6.04 Å². The van der Waals surface area contributed by atoms with Crippen molar-refractivity contribution < 1.29 is 19.4 Å². The highest BCUT2D eigenvalue weighted by molar-refractivity contribution is 5.74. The van der Waals surface area contributed by atoms with Crippen molar-refractivity contribution in [2.45, 2.75) is 45.3 Å². The Labute approximate surface area is 101 Å². The molecule has 0 spiro atoms. The molecule has 2 N–H and O–H groups in total. The van der Waals surface area contributed by atoms with Gasteiger partial charge in [0.05, 0.1) is 5.92 Å². The fourth-order valence-electron chi connectivity index (χ4n) is 1.71. The van der Waals surface area contributed by atoms with E-state index in [9.17, 15) is 9.59 Å². The van der Waals surface area contributed by atoms with Crippen LogP contribution in [0.3, 0.4) is 0 Å². The highest BCUT2D eigenvalue weighted by atomic mass is 16.6. The first-order valence-electron chi connectivity index (χ1n) is 5.67. The summed E-state index contributed by atoms with van der Waals surface area (Å²) in [4.78, 5) is 22.6. The molecule has 5 nitrogen and oxygen atoms in total. The lowest BCUT2D eigenvalue weighted by Gasteiger charge is -2.28. The number of nitrogens with one attached hydrogen (secondary N) is 1. The van der Waals surface area contributed by atoms with Gasteiger partial charge in [-0.3, -0.25) is 4.79 Å². The molecule has 0 aliphatic heterocycles. The second-order valence-corrected chi connectivity index (χ2v) is 5.14. The number of rotatable bonds is 2. The standard InChI is InChI=1S/C12H19NO4/c1-12(2,3)17-11(16)13-9-7-5-4-6-8(9)10(14)15/h4-5,8-9H,6-7H2,1-3H3,(H,13,16)(H,14,15). The number of hydrogen-bond acceptors (Lipinski definition) is 3. The van der Waals surface area contributed by atoms with Crippen molar-refractivity contribution in [3.63, 3.8) is 0 Å². The molecule has 1 aliphatic carbocycles. The van der Waals surface area contributed by atoms with Crippen molar-refractivity contribution in [3.05, 3.63) is 12.2 Å². The molecule has 5 heteroatoms. The molecule has 0 radical (unpaired) electrons. The van der Waals surface area contributed by atoms with E-state index in [1.54, 1.807) is 20.8 Å². The summed E-state index contributed by atoms with van der Waals surface area (Å²) in [6.07, 6.45) is 4.10. The van der Waals surface area contributed by atoms with E-state index in [0.717, 1.165) is 0 Å². The molecule has 2 unspecified atom stereocenters. The van der Waals surface area contributed by atoms with Crippen LogP contribution in [0, 0.1) is 5.92 Å². The number of ether oxygens (including phenoxy) is 1. The van der Waals surface area contributed by atoms with Gasteiger partial charge < -0.3 is 15.2 Å². The summed E-state index contributed by atoms with van der Waals surface area (Å²) in [5.74, 6) is -1.47. The number of amides is 1.